The minimum Gasteiger partial charge on any atom is -0.308 e. The van der Waals surface area contributed by atoms with Crippen molar-refractivity contribution in [1.82, 2.24) is 5.32 Å². The van der Waals surface area contributed by atoms with Crippen LogP contribution in [-0.2, 0) is 0 Å². The SMILES string of the molecule is CCC(C)(CC)NC/C=C/c1ccccc1. The second-order valence-electron chi connectivity index (χ2n) is 4.46. The molecule has 16 heavy (non-hydrogen) atoms. The average Bonchev–Trinajstić information content (AvgIpc) is 2.36. The van der Waals surface area contributed by atoms with Crippen molar-refractivity contribution in [3.63, 3.8) is 0 Å². The Morgan fingerprint density at radius 3 is 2.31 bits per heavy atom. The predicted octanol–water partition coefficient (Wildman–Crippen LogP) is 3.87. The molecule has 0 bridgehead atoms. The van der Waals surface area contributed by atoms with E-state index in [2.05, 4.69) is 62.5 Å². The maximum Gasteiger partial charge on any atom is 0.0151 e. The number of nitrogens with one attached hydrogen (secondary N) is 1. The van der Waals surface area contributed by atoms with Gasteiger partial charge in [0, 0.05) is 12.1 Å². The Hall–Kier alpha value is -1.08. The fraction of sp³-hybridized carbons (Fsp3) is 0.467. The summed E-state index contributed by atoms with van der Waals surface area (Å²) >= 11 is 0. The van der Waals surface area contributed by atoms with Gasteiger partial charge in [-0.15, -0.1) is 0 Å². The van der Waals surface area contributed by atoms with Gasteiger partial charge < -0.3 is 5.32 Å². The van der Waals surface area contributed by atoms with Gasteiger partial charge in [0.1, 0.15) is 0 Å². The first-order valence-electron chi connectivity index (χ1n) is 6.17. The lowest BCUT2D eigenvalue weighted by Crippen LogP contribution is -2.41. The first-order valence-corrected chi connectivity index (χ1v) is 6.17. The lowest BCUT2D eigenvalue weighted by Gasteiger charge is -2.27. The van der Waals surface area contributed by atoms with Crippen molar-refractivity contribution in [3.05, 3.63) is 42.0 Å². The minimum atomic E-state index is 0.279. The van der Waals surface area contributed by atoms with E-state index in [4.69, 9.17) is 0 Å². The zero-order valence-electron chi connectivity index (χ0n) is 10.7. The zero-order chi connectivity index (χ0) is 11.9. The Morgan fingerprint density at radius 2 is 1.75 bits per heavy atom. The normalized spacial score (nSPS) is 12.2. The summed E-state index contributed by atoms with van der Waals surface area (Å²) in [6.07, 6.45) is 6.70. The van der Waals surface area contributed by atoms with E-state index >= 15 is 0 Å². The molecule has 0 saturated heterocycles. The molecule has 0 amide bonds. The van der Waals surface area contributed by atoms with Crippen molar-refractivity contribution in [2.75, 3.05) is 6.54 Å². The summed E-state index contributed by atoms with van der Waals surface area (Å²) in [5.41, 5.74) is 1.54. The summed E-state index contributed by atoms with van der Waals surface area (Å²) in [4.78, 5) is 0. The first-order chi connectivity index (χ1) is 7.70. The second-order valence-corrected chi connectivity index (χ2v) is 4.46. The third-order valence-electron chi connectivity index (χ3n) is 3.32. The largest absolute Gasteiger partial charge is 0.308 e. The Kier molecular flexibility index (Phi) is 5.27. The monoisotopic (exact) mass is 217 g/mol. The van der Waals surface area contributed by atoms with E-state index in [1.807, 2.05) is 6.07 Å². The van der Waals surface area contributed by atoms with Gasteiger partial charge in [0.15, 0.2) is 0 Å². The molecule has 1 rings (SSSR count). The third-order valence-corrected chi connectivity index (χ3v) is 3.32. The molecule has 0 aliphatic carbocycles. The van der Waals surface area contributed by atoms with Gasteiger partial charge in [-0.25, -0.2) is 0 Å². The van der Waals surface area contributed by atoms with E-state index < -0.39 is 0 Å². The fourth-order valence-corrected chi connectivity index (χ4v) is 1.56. The summed E-state index contributed by atoms with van der Waals surface area (Å²) in [6, 6.07) is 10.4. The van der Waals surface area contributed by atoms with Crippen molar-refractivity contribution in [1.29, 1.82) is 0 Å². The van der Waals surface area contributed by atoms with Gasteiger partial charge in [-0.1, -0.05) is 56.3 Å². The minimum absolute atomic E-state index is 0.279. The van der Waals surface area contributed by atoms with E-state index in [0.29, 0.717) is 0 Å². The quantitative estimate of drug-likeness (QED) is 0.762. The summed E-state index contributed by atoms with van der Waals surface area (Å²) in [5, 5.41) is 3.58. The van der Waals surface area contributed by atoms with Gasteiger partial charge in [0.05, 0.1) is 0 Å². The van der Waals surface area contributed by atoms with Gasteiger partial charge in [0.2, 0.25) is 0 Å². The van der Waals surface area contributed by atoms with Crippen molar-refractivity contribution < 1.29 is 0 Å². The molecule has 1 aromatic rings. The molecule has 0 unspecified atom stereocenters. The molecule has 1 heteroatoms. The van der Waals surface area contributed by atoms with E-state index in [1.165, 1.54) is 18.4 Å². The van der Waals surface area contributed by atoms with Crippen molar-refractivity contribution in [2.24, 2.45) is 0 Å². The maximum atomic E-state index is 3.58. The van der Waals surface area contributed by atoms with Crippen LogP contribution >= 0.6 is 0 Å². The molecule has 0 saturated carbocycles. The predicted molar refractivity (Wildman–Crippen MR) is 72.5 cm³/mol. The van der Waals surface area contributed by atoms with E-state index in [1.54, 1.807) is 0 Å². The van der Waals surface area contributed by atoms with Crippen LogP contribution < -0.4 is 5.32 Å². The van der Waals surface area contributed by atoms with Gasteiger partial charge in [-0.3, -0.25) is 0 Å². The maximum absolute atomic E-state index is 3.58. The standard InChI is InChI=1S/C15H23N/c1-4-15(3,5-2)16-13-9-12-14-10-7-6-8-11-14/h6-12,16H,4-5,13H2,1-3H3/b12-9+. The summed E-state index contributed by atoms with van der Waals surface area (Å²) in [6.45, 7) is 7.69. The Morgan fingerprint density at radius 1 is 1.12 bits per heavy atom. The van der Waals surface area contributed by atoms with Crippen LogP contribution in [0, 0.1) is 0 Å². The van der Waals surface area contributed by atoms with Crippen molar-refractivity contribution in [2.45, 2.75) is 39.2 Å². The molecule has 1 aromatic carbocycles. The molecular formula is C15H23N. The average molecular weight is 217 g/mol. The van der Waals surface area contributed by atoms with Crippen molar-refractivity contribution >= 4 is 6.08 Å². The van der Waals surface area contributed by atoms with Crippen LogP contribution in [0.4, 0.5) is 0 Å². The molecule has 88 valence electrons. The molecule has 0 aromatic heterocycles. The summed E-state index contributed by atoms with van der Waals surface area (Å²) in [7, 11) is 0. The van der Waals surface area contributed by atoms with Crippen LogP contribution in [0.3, 0.4) is 0 Å². The van der Waals surface area contributed by atoms with Crippen LogP contribution in [0.5, 0.6) is 0 Å². The zero-order valence-corrected chi connectivity index (χ0v) is 10.7. The molecule has 0 radical (unpaired) electrons. The first kappa shape index (κ1) is 13.0. The molecule has 1 nitrogen and oxygen atoms in total. The highest BCUT2D eigenvalue weighted by atomic mass is 14.9. The smallest absolute Gasteiger partial charge is 0.0151 e. The Labute approximate surface area is 99.6 Å². The van der Waals surface area contributed by atoms with Crippen molar-refractivity contribution in [3.8, 4) is 0 Å². The summed E-state index contributed by atoms with van der Waals surface area (Å²) in [5.74, 6) is 0. The highest BCUT2D eigenvalue weighted by molar-refractivity contribution is 5.48. The lowest BCUT2D eigenvalue weighted by atomic mass is 9.96. The molecule has 1 N–H and O–H groups in total. The van der Waals surface area contributed by atoms with E-state index in [-0.39, 0.29) is 5.54 Å². The molecule has 0 aliphatic heterocycles. The highest BCUT2D eigenvalue weighted by Crippen LogP contribution is 2.12. The molecule has 0 fully saturated rings. The van der Waals surface area contributed by atoms with E-state index in [9.17, 15) is 0 Å². The second kappa shape index (κ2) is 6.49. The Bertz CT molecular complexity index is 309. The van der Waals surface area contributed by atoms with Crippen LogP contribution in [0.15, 0.2) is 36.4 Å². The summed E-state index contributed by atoms with van der Waals surface area (Å²) < 4.78 is 0. The lowest BCUT2D eigenvalue weighted by molar-refractivity contribution is 0.346. The molecule has 0 atom stereocenters. The van der Waals surface area contributed by atoms with Crippen LogP contribution in [-0.4, -0.2) is 12.1 Å². The van der Waals surface area contributed by atoms with Crippen LogP contribution in [0.2, 0.25) is 0 Å². The number of rotatable bonds is 6. The molecule has 0 spiro atoms. The van der Waals surface area contributed by atoms with Gasteiger partial charge in [-0.2, -0.15) is 0 Å². The van der Waals surface area contributed by atoms with Gasteiger partial charge in [-0.05, 0) is 25.3 Å². The van der Waals surface area contributed by atoms with Gasteiger partial charge >= 0.3 is 0 Å². The van der Waals surface area contributed by atoms with E-state index in [0.717, 1.165) is 6.54 Å². The molecular weight excluding hydrogens is 194 g/mol. The number of hydrogen-bond acceptors (Lipinski definition) is 1. The molecule has 0 aliphatic rings. The third kappa shape index (κ3) is 4.19. The van der Waals surface area contributed by atoms with Gasteiger partial charge in [0.25, 0.3) is 0 Å². The fourth-order valence-electron chi connectivity index (χ4n) is 1.56. The molecule has 0 heterocycles. The van der Waals surface area contributed by atoms with Crippen LogP contribution in [0.25, 0.3) is 6.08 Å². The number of hydrogen-bond donors (Lipinski definition) is 1. The Balaban J connectivity index is 2.38. The van der Waals surface area contributed by atoms with Crippen LogP contribution in [0.1, 0.15) is 39.2 Å². The highest BCUT2D eigenvalue weighted by Gasteiger charge is 2.16. The number of benzene rings is 1. The topological polar surface area (TPSA) is 12.0 Å².